The van der Waals surface area contributed by atoms with E-state index in [1.54, 1.807) is 40.5 Å². The van der Waals surface area contributed by atoms with Gasteiger partial charge in [0, 0.05) is 36.3 Å². The van der Waals surface area contributed by atoms with Crippen molar-refractivity contribution in [3.05, 3.63) is 77.9 Å². The highest BCUT2D eigenvalue weighted by Crippen LogP contribution is 2.41. The van der Waals surface area contributed by atoms with E-state index in [-0.39, 0.29) is 11.8 Å². The molecule has 244 valence electrons. The summed E-state index contributed by atoms with van der Waals surface area (Å²) in [6, 6.07) is 8.56. The number of hydrazone groups is 1. The number of carbonyl (C=O) groups excluding carboxylic acids is 1. The van der Waals surface area contributed by atoms with Gasteiger partial charge in [0.1, 0.15) is 30.1 Å². The molecule has 11 nitrogen and oxygen atoms in total. The van der Waals surface area contributed by atoms with Gasteiger partial charge in [-0.05, 0) is 70.9 Å². The van der Waals surface area contributed by atoms with Gasteiger partial charge in [-0.3, -0.25) is 4.90 Å². The Balaban J connectivity index is 1.24. The quantitative estimate of drug-likeness (QED) is 0.226. The number of amides is 1. The van der Waals surface area contributed by atoms with Crippen molar-refractivity contribution in [1.29, 1.82) is 0 Å². The van der Waals surface area contributed by atoms with E-state index in [1.165, 1.54) is 12.4 Å². The number of nitrogens with zero attached hydrogens (tertiary/aromatic N) is 6. The van der Waals surface area contributed by atoms with Crippen LogP contribution in [0.1, 0.15) is 48.0 Å². The van der Waals surface area contributed by atoms with Gasteiger partial charge in [-0.2, -0.15) is 9.68 Å². The molecule has 1 aromatic heterocycles. The van der Waals surface area contributed by atoms with Crippen LogP contribution in [0.15, 0.2) is 77.1 Å². The van der Waals surface area contributed by atoms with Crippen molar-refractivity contribution in [3.63, 3.8) is 0 Å². The maximum absolute atomic E-state index is 15.4. The molecule has 47 heavy (non-hydrogen) atoms. The first-order valence-corrected chi connectivity index (χ1v) is 15.7. The molecule has 0 bridgehead atoms. The predicted molar refractivity (Wildman–Crippen MR) is 179 cm³/mol. The summed E-state index contributed by atoms with van der Waals surface area (Å²) in [7, 11) is 0. The van der Waals surface area contributed by atoms with Crippen molar-refractivity contribution < 1.29 is 28.0 Å². The summed E-state index contributed by atoms with van der Waals surface area (Å²) in [4.78, 5) is 23.4. The number of allylic oxidation sites excluding steroid dienone is 3. The molecule has 0 unspecified atom stereocenters. The summed E-state index contributed by atoms with van der Waals surface area (Å²) < 4.78 is 35.4. The molecule has 0 radical (unpaired) electrons. The third kappa shape index (κ3) is 6.67. The number of hydrogen-bond acceptors (Lipinski definition) is 9. The molecular formula is C35H39FN7O4+. The predicted octanol–water partition coefficient (Wildman–Crippen LogP) is 7.02. The molecule has 3 aliphatic heterocycles. The minimum Gasteiger partial charge on any atom is -0.475 e. The number of nitrogens with one attached hydrogen (secondary N) is 1. The third-order valence-corrected chi connectivity index (χ3v) is 7.95. The maximum atomic E-state index is 15.4. The Kier molecular flexibility index (Phi) is 8.67. The number of ether oxygens (including phenoxy) is 3. The lowest BCUT2D eigenvalue weighted by atomic mass is 10.1. The Hall–Kier alpha value is -5.26. The molecule has 12 heteroatoms. The molecule has 0 fully saturated rings. The van der Waals surface area contributed by atoms with Crippen molar-refractivity contribution in [2.45, 2.75) is 53.6 Å². The topological polar surface area (TPSA) is 104 Å². The summed E-state index contributed by atoms with van der Waals surface area (Å²) in [5.41, 5.74) is 4.43. The number of halogens is 1. The van der Waals surface area contributed by atoms with Crippen LogP contribution in [0, 0.1) is 5.82 Å². The third-order valence-electron chi connectivity index (χ3n) is 7.95. The van der Waals surface area contributed by atoms with E-state index < -0.39 is 11.4 Å². The van der Waals surface area contributed by atoms with Crippen molar-refractivity contribution in [1.82, 2.24) is 19.9 Å². The average Bonchev–Trinajstić information content (AvgIpc) is 3.05. The lowest BCUT2D eigenvalue weighted by molar-refractivity contribution is -0.453. The van der Waals surface area contributed by atoms with E-state index in [0.29, 0.717) is 60.2 Å². The first-order chi connectivity index (χ1) is 22.5. The van der Waals surface area contributed by atoms with Crippen molar-refractivity contribution in [3.8, 4) is 11.5 Å². The van der Waals surface area contributed by atoms with Crippen LogP contribution >= 0.6 is 0 Å². The summed E-state index contributed by atoms with van der Waals surface area (Å²) in [5, 5.41) is 10.1. The van der Waals surface area contributed by atoms with Gasteiger partial charge in [0.2, 0.25) is 17.1 Å². The Morgan fingerprint density at radius 2 is 2.06 bits per heavy atom. The molecule has 0 atom stereocenters. The molecule has 1 amide bonds. The maximum Gasteiger partial charge on any atom is 0.411 e. The number of aromatic nitrogens is 2. The van der Waals surface area contributed by atoms with Gasteiger partial charge in [0.15, 0.2) is 24.7 Å². The van der Waals surface area contributed by atoms with Gasteiger partial charge >= 0.3 is 6.09 Å². The SMILES string of the molecule is C/C=N\N1C=CC(Oc2ccc(Nc3ncnc4ccc5c(c34)OCC3=[N+]5CCN(C(=O)OC(C)(C)C)C3)cc2F)=C/C1=C(\C)CC. The number of rotatable bonds is 6. The molecule has 0 saturated heterocycles. The Bertz CT molecular complexity index is 1890. The number of anilines is 2. The second-order valence-corrected chi connectivity index (χ2v) is 12.4. The van der Waals surface area contributed by atoms with Crippen molar-refractivity contribution in [2.24, 2.45) is 5.10 Å². The average molecular weight is 641 g/mol. The van der Waals surface area contributed by atoms with Crippen molar-refractivity contribution >= 4 is 46.1 Å². The largest absolute Gasteiger partial charge is 0.475 e. The molecule has 0 saturated carbocycles. The highest BCUT2D eigenvalue weighted by Gasteiger charge is 2.37. The first-order valence-electron chi connectivity index (χ1n) is 15.7. The highest BCUT2D eigenvalue weighted by atomic mass is 19.1. The fraction of sp³-hybridized carbons (Fsp3) is 0.343. The van der Waals surface area contributed by atoms with E-state index in [2.05, 4.69) is 31.9 Å². The number of fused-ring (bicyclic) bond motifs is 4. The summed E-state index contributed by atoms with van der Waals surface area (Å²) in [6.07, 6.45) is 9.07. The van der Waals surface area contributed by atoms with Crippen molar-refractivity contribution in [2.75, 3.05) is 31.6 Å². The number of hydrogen-bond donors (Lipinski definition) is 1. The zero-order valence-electron chi connectivity index (χ0n) is 27.5. The molecule has 1 N–H and O–H groups in total. The minimum absolute atomic E-state index is 0.0919. The second kappa shape index (κ2) is 12.9. The van der Waals surface area contributed by atoms with Gasteiger partial charge in [0.05, 0.1) is 23.1 Å². The van der Waals surface area contributed by atoms with Gasteiger partial charge in [0.25, 0.3) is 0 Å². The number of carbonyl (C=O) groups is 1. The molecule has 4 heterocycles. The van der Waals surface area contributed by atoms with Crippen LogP contribution in [0.5, 0.6) is 11.5 Å². The van der Waals surface area contributed by atoms with E-state index in [0.717, 1.165) is 29.1 Å². The van der Waals surface area contributed by atoms with E-state index >= 15 is 4.39 Å². The lowest BCUT2D eigenvalue weighted by Crippen LogP contribution is -2.50. The minimum atomic E-state index is -0.570. The Morgan fingerprint density at radius 3 is 2.81 bits per heavy atom. The highest BCUT2D eigenvalue weighted by molar-refractivity contribution is 6.00. The molecule has 2 aromatic carbocycles. The molecular weight excluding hydrogens is 601 g/mol. The standard InChI is InChI=1S/C35H39FN7O4/c1-7-22(3)29-18-25(13-14-43(29)39-8-2)46-30-12-9-23(17-26(30)36)40-33-31-27(37-21-38-33)10-11-28-32(31)45-20-24-19-41(15-16-42(24)28)34(44)47-35(4,5)6/h8-14,17-18,21H,7,15-16,19-20H2,1-6H3,(H,37,38,40)/q+1/b29-22-,39-8-. The van der Waals surface area contributed by atoms with Crippen LogP contribution in [0.25, 0.3) is 10.9 Å². The van der Waals surface area contributed by atoms with Crippen LogP contribution in [0.4, 0.5) is 26.4 Å². The first kappa shape index (κ1) is 31.7. The van der Waals surface area contributed by atoms with Gasteiger partial charge in [-0.1, -0.05) is 6.92 Å². The zero-order valence-corrected chi connectivity index (χ0v) is 27.5. The Labute approximate surface area is 273 Å². The molecule has 0 aliphatic carbocycles. The van der Waals surface area contributed by atoms with Crippen LogP contribution in [0.2, 0.25) is 0 Å². The van der Waals surface area contributed by atoms with Crippen LogP contribution in [0.3, 0.4) is 0 Å². The van der Waals surface area contributed by atoms with E-state index in [9.17, 15) is 4.79 Å². The Morgan fingerprint density at radius 1 is 1.23 bits per heavy atom. The van der Waals surface area contributed by atoms with Gasteiger partial charge in [-0.15, -0.1) is 0 Å². The normalized spacial score (nSPS) is 17.3. The van der Waals surface area contributed by atoms with Crippen LogP contribution in [-0.4, -0.2) is 74.3 Å². The molecule has 3 aliphatic rings. The van der Waals surface area contributed by atoms with Gasteiger partial charge < -0.3 is 19.5 Å². The second-order valence-electron chi connectivity index (χ2n) is 12.4. The monoisotopic (exact) mass is 640 g/mol. The molecule has 6 rings (SSSR count). The van der Waals surface area contributed by atoms with Crippen LogP contribution < -0.4 is 14.8 Å². The summed E-state index contributed by atoms with van der Waals surface area (Å²) >= 11 is 0. The van der Waals surface area contributed by atoms with E-state index in [1.807, 2.05) is 52.8 Å². The molecule has 3 aromatic rings. The van der Waals surface area contributed by atoms with Crippen LogP contribution in [-0.2, 0) is 4.74 Å². The fourth-order valence-electron chi connectivity index (χ4n) is 5.57. The zero-order chi connectivity index (χ0) is 33.3. The van der Waals surface area contributed by atoms with Gasteiger partial charge in [-0.25, -0.2) is 24.2 Å². The fourth-order valence-corrected chi connectivity index (χ4v) is 5.57. The van der Waals surface area contributed by atoms with E-state index in [4.69, 9.17) is 14.2 Å². The summed E-state index contributed by atoms with van der Waals surface area (Å²) in [6.45, 7) is 13.3. The molecule has 0 spiro atoms. The smallest absolute Gasteiger partial charge is 0.411 e. The lowest BCUT2D eigenvalue weighted by Gasteiger charge is -2.31. The number of benzene rings is 2. The summed E-state index contributed by atoms with van der Waals surface area (Å²) in [5.74, 6) is 1.17.